The first-order valence-electron chi connectivity index (χ1n) is 11.8. The number of nitrogens with one attached hydrogen (secondary N) is 1. The Morgan fingerprint density at radius 2 is 1.91 bits per heavy atom. The van der Waals surface area contributed by atoms with Gasteiger partial charge in [0.2, 0.25) is 5.91 Å². The summed E-state index contributed by atoms with van der Waals surface area (Å²) >= 11 is 0. The zero-order valence-electron chi connectivity index (χ0n) is 19.5. The summed E-state index contributed by atoms with van der Waals surface area (Å²) in [6, 6.07) is 16.9. The molecular weight excluding hydrogens is 433 g/mol. The number of hydrogen-bond donors (Lipinski definition) is 1. The molecule has 1 N–H and O–H groups in total. The van der Waals surface area contributed by atoms with Gasteiger partial charge in [-0.15, -0.1) is 0 Å². The van der Waals surface area contributed by atoms with Crippen molar-refractivity contribution in [1.82, 2.24) is 15.4 Å². The quantitative estimate of drug-likeness (QED) is 0.518. The molecule has 34 heavy (non-hydrogen) atoms. The topological polar surface area (TPSA) is 75.4 Å². The molecule has 2 aromatic carbocycles. The standard InChI is InChI=1S/C27H30FN3O3/c1-18(2)15-24-26(32)29-22(10-6-9-19-7-4-3-5-8-19)17-31(24)27(33)23-16-25(34-30-23)20-11-13-21(28)14-12-20/h3-5,7-8,11-14,16,18,22,24H,6,9-10,15,17H2,1-2H3,(H,29,32)/t22-,24-/m0/s1. The van der Waals surface area contributed by atoms with Crippen molar-refractivity contribution in [3.63, 3.8) is 0 Å². The van der Waals surface area contributed by atoms with E-state index in [4.69, 9.17) is 4.52 Å². The number of aryl methyl sites for hydroxylation is 1. The Bertz CT molecular complexity index is 1110. The number of carbonyl (C=O) groups is 2. The molecule has 6 nitrogen and oxygen atoms in total. The van der Waals surface area contributed by atoms with Gasteiger partial charge in [0.1, 0.15) is 11.9 Å². The molecule has 2 atom stereocenters. The van der Waals surface area contributed by atoms with Crippen molar-refractivity contribution in [3.8, 4) is 11.3 Å². The second kappa shape index (κ2) is 10.6. The zero-order chi connectivity index (χ0) is 24.1. The molecule has 3 aromatic rings. The highest BCUT2D eigenvalue weighted by Crippen LogP contribution is 2.24. The molecule has 1 aliphatic rings. The predicted octanol–water partition coefficient (Wildman–Crippen LogP) is 4.86. The van der Waals surface area contributed by atoms with E-state index in [1.54, 1.807) is 23.1 Å². The third-order valence-corrected chi connectivity index (χ3v) is 6.12. The Hall–Kier alpha value is -3.48. The van der Waals surface area contributed by atoms with Crippen LogP contribution in [-0.4, -0.2) is 40.5 Å². The number of hydrogen-bond acceptors (Lipinski definition) is 4. The van der Waals surface area contributed by atoms with Gasteiger partial charge in [0.05, 0.1) is 0 Å². The number of nitrogens with zero attached hydrogens (tertiary/aromatic N) is 2. The Labute approximate surface area is 199 Å². The maximum atomic E-state index is 13.4. The number of piperazine rings is 1. The van der Waals surface area contributed by atoms with E-state index in [-0.39, 0.29) is 35.3 Å². The van der Waals surface area contributed by atoms with Gasteiger partial charge in [0.15, 0.2) is 11.5 Å². The molecule has 1 aliphatic heterocycles. The smallest absolute Gasteiger partial charge is 0.276 e. The molecule has 0 saturated carbocycles. The van der Waals surface area contributed by atoms with Gasteiger partial charge in [0, 0.05) is 24.2 Å². The maximum absolute atomic E-state index is 13.4. The van der Waals surface area contributed by atoms with Crippen LogP contribution in [0.25, 0.3) is 11.3 Å². The van der Waals surface area contributed by atoms with Crippen molar-refractivity contribution >= 4 is 11.8 Å². The SMILES string of the molecule is CC(C)C[C@H]1C(=O)N[C@@H](CCCc2ccccc2)CN1C(=O)c1cc(-c2ccc(F)cc2)on1. The van der Waals surface area contributed by atoms with Crippen molar-refractivity contribution < 1.29 is 18.5 Å². The van der Waals surface area contributed by atoms with Crippen molar-refractivity contribution in [2.45, 2.75) is 51.6 Å². The number of rotatable bonds is 8. The fourth-order valence-corrected chi connectivity index (χ4v) is 4.39. The highest BCUT2D eigenvalue weighted by molar-refractivity contribution is 5.97. The Morgan fingerprint density at radius 1 is 1.18 bits per heavy atom. The number of aromatic nitrogens is 1. The van der Waals surface area contributed by atoms with Gasteiger partial charge in [-0.2, -0.15) is 0 Å². The van der Waals surface area contributed by atoms with Gasteiger partial charge in [-0.05, 0) is 61.4 Å². The highest BCUT2D eigenvalue weighted by atomic mass is 19.1. The molecule has 7 heteroatoms. The van der Waals surface area contributed by atoms with E-state index in [1.165, 1.54) is 17.7 Å². The molecule has 1 saturated heterocycles. The average molecular weight is 464 g/mol. The first-order valence-corrected chi connectivity index (χ1v) is 11.8. The van der Waals surface area contributed by atoms with Gasteiger partial charge in [-0.25, -0.2) is 4.39 Å². The fourth-order valence-electron chi connectivity index (χ4n) is 4.39. The summed E-state index contributed by atoms with van der Waals surface area (Å²) in [6.07, 6.45) is 3.17. The van der Waals surface area contributed by atoms with Crippen LogP contribution < -0.4 is 5.32 Å². The van der Waals surface area contributed by atoms with E-state index in [9.17, 15) is 14.0 Å². The summed E-state index contributed by atoms with van der Waals surface area (Å²) in [7, 11) is 0. The molecule has 2 amide bonds. The monoisotopic (exact) mass is 463 g/mol. The number of halogens is 1. The van der Waals surface area contributed by atoms with Crippen LogP contribution in [-0.2, 0) is 11.2 Å². The third kappa shape index (κ3) is 5.71. The predicted molar refractivity (Wildman–Crippen MR) is 127 cm³/mol. The van der Waals surface area contributed by atoms with Gasteiger partial charge in [-0.3, -0.25) is 9.59 Å². The molecule has 178 valence electrons. The first kappa shape index (κ1) is 23.7. The lowest BCUT2D eigenvalue weighted by molar-refractivity contribution is -0.130. The summed E-state index contributed by atoms with van der Waals surface area (Å²) < 4.78 is 18.6. The van der Waals surface area contributed by atoms with E-state index in [0.717, 1.165) is 19.3 Å². The summed E-state index contributed by atoms with van der Waals surface area (Å²) in [5.74, 6) is -0.183. The van der Waals surface area contributed by atoms with E-state index in [2.05, 4.69) is 22.6 Å². The van der Waals surface area contributed by atoms with Crippen molar-refractivity contribution in [2.75, 3.05) is 6.54 Å². The Morgan fingerprint density at radius 3 is 2.62 bits per heavy atom. The summed E-state index contributed by atoms with van der Waals surface area (Å²) in [6.45, 7) is 4.49. The van der Waals surface area contributed by atoms with Crippen LogP contribution in [0.2, 0.25) is 0 Å². The molecule has 0 spiro atoms. The Kier molecular flexibility index (Phi) is 7.40. The van der Waals surface area contributed by atoms with Crippen LogP contribution in [0.1, 0.15) is 49.2 Å². The number of benzene rings is 2. The summed E-state index contributed by atoms with van der Waals surface area (Å²) in [4.78, 5) is 28.1. The van der Waals surface area contributed by atoms with Crippen LogP contribution in [0.15, 0.2) is 65.2 Å². The van der Waals surface area contributed by atoms with Crippen molar-refractivity contribution in [3.05, 3.63) is 77.7 Å². The summed E-state index contributed by atoms with van der Waals surface area (Å²) in [5, 5.41) is 7.08. The van der Waals surface area contributed by atoms with Crippen LogP contribution >= 0.6 is 0 Å². The third-order valence-electron chi connectivity index (χ3n) is 6.12. The molecular formula is C27H30FN3O3. The average Bonchev–Trinajstić information content (AvgIpc) is 3.31. The second-order valence-electron chi connectivity index (χ2n) is 9.27. The maximum Gasteiger partial charge on any atom is 0.276 e. The highest BCUT2D eigenvalue weighted by Gasteiger charge is 2.38. The van der Waals surface area contributed by atoms with Gasteiger partial charge < -0.3 is 14.7 Å². The van der Waals surface area contributed by atoms with Crippen LogP contribution in [0.3, 0.4) is 0 Å². The lowest BCUT2D eigenvalue weighted by Crippen LogP contribution is -2.61. The van der Waals surface area contributed by atoms with E-state index < -0.39 is 6.04 Å². The molecule has 0 radical (unpaired) electrons. The van der Waals surface area contributed by atoms with Gasteiger partial charge >= 0.3 is 0 Å². The fraction of sp³-hybridized carbons (Fsp3) is 0.370. The lowest BCUT2D eigenvalue weighted by atomic mass is 9.95. The van der Waals surface area contributed by atoms with Crippen molar-refractivity contribution in [2.24, 2.45) is 5.92 Å². The Balaban J connectivity index is 1.48. The van der Waals surface area contributed by atoms with Crippen LogP contribution in [0.5, 0.6) is 0 Å². The molecule has 0 aliphatic carbocycles. The molecule has 0 bridgehead atoms. The zero-order valence-corrected chi connectivity index (χ0v) is 19.5. The number of carbonyl (C=O) groups excluding carboxylic acids is 2. The number of amides is 2. The minimum atomic E-state index is -0.552. The van der Waals surface area contributed by atoms with Crippen LogP contribution in [0, 0.1) is 11.7 Å². The second-order valence-corrected chi connectivity index (χ2v) is 9.27. The normalized spacial score (nSPS) is 18.2. The molecule has 2 heterocycles. The summed E-state index contributed by atoms with van der Waals surface area (Å²) in [5.41, 5.74) is 2.03. The first-order chi connectivity index (χ1) is 16.4. The van der Waals surface area contributed by atoms with Gasteiger partial charge in [-0.1, -0.05) is 49.3 Å². The van der Waals surface area contributed by atoms with E-state index >= 15 is 0 Å². The minimum Gasteiger partial charge on any atom is -0.355 e. The molecule has 1 aromatic heterocycles. The van der Waals surface area contributed by atoms with Crippen LogP contribution in [0.4, 0.5) is 4.39 Å². The minimum absolute atomic E-state index is 0.118. The van der Waals surface area contributed by atoms with E-state index in [1.807, 2.05) is 32.0 Å². The molecule has 1 fully saturated rings. The molecule has 0 unspecified atom stereocenters. The molecule has 4 rings (SSSR count). The lowest BCUT2D eigenvalue weighted by Gasteiger charge is -2.39. The van der Waals surface area contributed by atoms with Gasteiger partial charge in [0.25, 0.3) is 5.91 Å². The van der Waals surface area contributed by atoms with Crippen molar-refractivity contribution in [1.29, 1.82) is 0 Å². The largest absolute Gasteiger partial charge is 0.355 e. The van der Waals surface area contributed by atoms with E-state index in [0.29, 0.717) is 24.3 Å².